The maximum absolute atomic E-state index is 12.0. The van der Waals surface area contributed by atoms with Crippen LogP contribution in [0.25, 0.3) is 11.3 Å². The molecular weight excluding hydrogens is 296 g/mol. The van der Waals surface area contributed by atoms with Crippen LogP contribution in [0.1, 0.15) is 12.0 Å². The summed E-state index contributed by atoms with van der Waals surface area (Å²) in [4.78, 5) is 24.5. The normalized spacial score (nSPS) is 10.4. The zero-order chi connectivity index (χ0) is 15.2. The Morgan fingerprint density at radius 1 is 1.14 bits per heavy atom. The van der Waals surface area contributed by atoms with Crippen LogP contribution in [0.5, 0.6) is 0 Å². The number of nitrogens with one attached hydrogen (secondary N) is 1. The molecule has 0 atom stereocenters. The number of nitrogens with zero attached hydrogens (tertiary/aromatic N) is 3. The first-order chi connectivity index (χ1) is 10.8. The number of pyridine rings is 2. The summed E-state index contributed by atoms with van der Waals surface area (Å²) in [6, 6.07) is 7.63. The van der Waals surface area contributed by atoms with Crippen molar-refractivity contribution in [2.24, 2.45) is 0 Å². The predicted octanol–water partition coefficient (Wildman–Crippen LogP) is 3.17. The van der Waals surface area contributed by atoms with E-state index in [1.54, 1.807) is 24.8 Å². The van der Waals surface area contributed by atoms with E-state index in [4.69, 9.17) is 0 Å². The van der Waals surface area contributed by atoms with Crippen molar-refractivity contribution in [3.63, 3.8) is 0 Å². The summed E-state index contributed by atoms with van der Waals surface area (Å²) >= 11 is 1.41. The quantitative estimate of drug-likeness (QED) is 0.786. The van der Waals surface area contributed by atoms with Crippen LogP contribution in [0.4, 0.5) is 5.13 Å². The SMILES string of the molecule is O=C(CCc1cccnc1)Nc1nc(-c2cccnc2)cs1. The summed E-state index contributed by atoms with van der Waals surface area (Å²) in [5.74, 6) is -0.0454. The fourth-order valence-corrected chi connectivity index (χ4v) is 2.70. The molecule has 1 amide bonds. The van der Waals surface area contributed by atoms with Crippen LogP contribution in [0.2, 0.25) is 0 Å². The molecule has 0 aliphatic rings. The molecule has 0 radical (unpaired) electrons. The highest BCUT2D eigenvalue weighted by molar-refractivity contribution is 7.14. The van der Waals surface area contributed by atoms with Gasteiger partial charge in [-0.3, -0.25) is 14.8 Å². The Balaban J connectivity index is 1.57. The minimum absolute atomic E-state index is 0.0454. The second-order valence-corrected chi connectivity index (χ2v) is 5.55. The molecule has 0 bridgehead atoms. The monoisotopic (exact) mass is 310 g/mol. The van der Waals surface area contributed by atoms with Crippen molar-refractivity contribution in [2.45, 2.75) is 12.8 Å². The summed E-state index contributed by atoms with van der Waals surface area (Å²) in [5.41, 5.74) is 2.81. The van der Waals surface area contributed by atoms with Gasteiger partial charge in [-0.15, -0.1) is 11.3 Å². The number of rotatable bonds is 5. The first-order valence-corrected chi connectivity index (χ1v) is 7.74. The van der Waals surface area contributed by atoms with Gasteiger partial charge in [-0.05, 0) is 30.2 Å². The van der Waals surface area contributed by atoms with Gasteiger partial charge in [0.2, 0.25) is 5.91 Å². The Hall–Kier alpha value is -2.60. The number of thiazole rings is 1. The first kappa shape index (κ1) is 14.3. The third-order valence-electron chi connectivity index (χ3n) is 3.07. The molecule has 0 aliphatic carbocycles. The number of anilines is 1. The van der Waals surface area contributed by atoms with Gasteiger partial charge in [-0.25, -0.2) is 4.98 Å². The molecule has 3 aromatic heterocycles. The number of amides is 1. The van der Waals surface area contributed by atoms with Crippen molar-refractivity contribution in [1.29, 1.82) is 0 Å². The second-order valence-electron chi connectivity index (χ2n) is 4.69. The number of carbonyl (C=O) groups is 1. The number of hydrogen-bond acceptors (Lipinski definition) is 5. The van der Waals surface area contributed by atoms with Crippen LogP contribution in [0, 0.1) is 0 Å². The van der Waals surface area contributed by atoms with E-state index in [1.165, 1.54) is 11.3 Å². The van der Waals surface area contributed by atoms with Gasteiger partial charge in [0.15, 0.2) is 5.13 Å². The molecule has 0 aromatic carbocycles. The van der Waals surface area contributed by atoms with Gasteiger partial charge in [0.25, 0.3) is 0 Å². The fourth-order valence-electron chi connectivity index (χ4n) is 1.96. The van der Waals surface area contributed by atoms with E-state index in [-0.39, 0.29) is 5.91 Å². The summed E-state index contributed by atoms with van der Waals surface area (Å²) in [5, 5.41) is 5.35. The van der Waals surface area contributed by atoms with E-state index in [1.807, 2.05) is 29.6 Å². The van der Waals surface area contributed by atoms with E-state index in [0.717, 1.165) is 16.8 Å². The standard InChI is InChI=1S/C16H14N4OS/c21-15(6-5-12-3-1-7-17-9-12)20-16-19-14(11-22-16)13-4-2-8-18-10-13/h1-4,7-11H,5-6H2,(H,19,20,21). The van der Waals surface area contributed by atoms with Crippen molar-refractivity contribution in [2.75, 3.05) is 5.32 Å². The maximum atomic E-state index is 12.0. The highest BCUT2D eigenvalue weighted by Gasteiger charge is 2.08. The third-order valence-corrected chi connectivity index (χ3v) is 3.83. The molecule has 3 heterocycles. The van der Waals surface area contributed by atoms with Gasteiger partial charge in [-0.2, -0.15) is 0 Å². The van der Waals surface area contributed by atoms with Crippen molar-refractivity contribution >= 4 is 22.4 Å². The Morgan fingerprint density at radius 2 is 1.95 bits per heavy atom. The number of aryl methyl sites for hydroxylation is 1. The van der Waals surface area contributed by atoms with E-state index >= 15 is 0 Å². The molecule has 3 rings (SSSR count). The Bertz CT molecular complexity index is 743. The van der Waals surface area contributed by atoms with Crippen LogP contribution in [-0.2, 0) is 11.2 Å². The zero-order valence-corrected chi connectivity index (χ0v) is 12.6. The average Bonchev–Trinajstić information content (AvgIpc) is 3.03. The van der Waals surface area contributed by atoms with Crippen LogP contribution in [-0.4, -0.2) is 20.9 Å². The smallest absolute Gasteiger partial charge is 0.226 e. The fraction of sp³-hybridized carbons (Fsp3) is 0.125. The number of carbonyl (C=O) groups excluding carboxylic acids is 1. The van der Waals surface area contributed by atoms with Gasteiger partial charge >= 0.3 is 0 Å². The number of aromatic nitrogens is 3. The molecule has 5 nitrogen and oxygen atoms in total. The van der Waals surface area contributed by atoms with Gasteiger partial charge in [0, 0.05) is 42.2 Å². The molecule has 6 heteroatoms. The third kappa shape index (κ3) is 3.73. The Morgan fingerprint density at radius 3 is 2.68 bits per heavy atom. The first-order valence-electron chi connectivity index (χ1n) is 6.86. The molecule has 0 unspecified atom stereocenters. The van der Waals surface area contributed by atoms with E-state index in [0.29, 0.717) is 18.0 Å². The minimum Gasteiger partial charge on any atom is -0.302 e. The lowest BCUT2D eigenvalue weighted by Crippen LogP contribution is -2.12. The van der Waals surface area contributed by atoms with Crippen molar-refractivity contribution in [3.05, 3.63) is 60.0 Å². The molecule has 0 spiro atoms. The highest BCUT2D eigenvalue weighted by Crippen LogP contribution is 2.24. The second kappa shape index (κ2) is 6.91. The van der Waals surface area contributed by atoms with Crippen molar-refractivity contribution < 1.29 is 4.79 Å². The lowest BCUT2D eigenvalue weighted by Gasteiger charge is -2.01. The van der Waals surface area contributed by atoms with Gasteiger partial charge in [0.1, 0.15) is 0 Å². The molecular formula is C16H14N4OS. The predicted molar refractivity (Wildman–Crippen MR) is 86.5 cm³/mol. The molecule has 0 saturated heterocycles. The molecule has 0 fully saturated rings. The lowest BCUT2D eigenvalue weighted by atomic mass is 10.1. The topological polar surface area (TPSA) is 67.8 Å². The summed E-state index contributed by atoms with van der Waals surface area (Å²) < 4.78 is 0. The molecule has 110 valence electrons. The van der Waals surface area contributed by atoms with Crippen LogP contribution in [0.3, 0.4) is 0 Å². The summed E-state index contributed by atoms with van der Waals surface area (Å²) in [6.45, 7) is 0. The zero-order valence-electron chi connectivity index (χ0n) is 11.8. The van der Waals surface area contributed by atoms with Crippen molar-refractivity contribution in [1.82, 2.24) is 15.0 Å². The van der Waals surface area contributed by atoms with Gasteiger partial charge < -0.3 is 5.32 Å². The van der Waals surface area contributed by atoms with Gasteiger partial charge in [-0.1, -0.05) is 6.07 Å². The Labute approximate surface area is 132 Å². The molecule has 0 saturated carbocycles. The largest absolute Gasteiger partial charge is 0.302 e. The highest BCUT2D eigenvalue weighted by atomic mass is 32.1. The van der Waals surface area contributed by atoms with Crippen LogP contribution in [0.15, 0.2) is 54.4 Å². The minimum atomic E-state index is -0.0454. The van der Waals surface area contributed by atoms with E-state index < -0.39 is 0 Å². The summed E-state index contributed by atoms with van der Waals surface area (Å²) in [7, 11) is 0. The van der Waals surface area contributed by atoms with E-state index in [9.17, 15) is 4.79 Å². The molecule has 22 heavy (non-hydrogen) atoms. The molecule has 1 N–H and O–H groups in total. The average molecular weight is 310 g/mol. The summed E-state index contributed by atoms with van der Waals surface area (Å²) in [6.07, 6.45) is 8.05. The number of hydrogen-bond donors (Lipinski definition) is 1. The van der Waals surface area contributed by atoms with Crippen molar-refractivity contribution in [3.8, 4) is 11.3 Å². The van der Waals surface area contributed by atoms with E-state index in [2.05, 4.69) is 20.3 Å². The molecule has 3 aromatic rings. The maximum Gasteiger partial charge on any atom is 0.226 e. The lowest BCUT2D eigenvalue weighted by molar-refractivity contribution is -0.116. The van der Waals surface area contributed by atoms with Crippen LogP contribution >= 0.6 is 11.3 Å². The van der Waals surface area contributed by atoms with Gasteiger partial charge in [0.05, 0.1) is 5.69 Å². The van der Waals surface area contributed by atoms with Crippen LogP contribution < -0.4 is 5.32 Å². The molecule has 0 aliphatic heterocycles. The Kier molecular flexibility index (Phi) is 4.50.